The predicted octanol–water partition coefficient (Wildman–Crippen LogP) is 0.886. The van der Waals surface area contributed by atoms with E-state index >= 15 is 0 Å². The Morgan fingerprint density at radius 1 is 1.30 bits per heavy atom. The molecule has 0 unspecified atom stereocenters. The molecule has 1 rings (SSSR count). The number of esters is 1. The number of hydrogen-bond donors (Lipinski definition) is 0. The van der Waals surface area contributed by atoms with Crippen LogP contribution in [0.15, 0.2) is 0 Å². The summed E-state index contributed by atoms with van der Waals surface area (Å²) in [6.07, 6.45) is 1.87. The Hall–Kier alpha value is -1.92. The molecule has 0 bridgehead atoms. The number of nitrogens with zero attached hydrogens (tertiary/aromatic N) is 4. The van der Waals surface area contributed by atoms with Gasteiger partial charge in [-0.3, -0.25) is 4.79 Å². The lowest BCUT2D eigenvalue weighted by atomic mass is 10.2. The minimum absolute atomic E-state index is 0.0145. The Balaban J connectivity index is 2.85. The number of aromatic nitrogens is 3. The number of rotatable bonds is 7. The zero-order chi connectivity index (χ0) is 15.1. The first kappa shape index (κ1) is 16.1. The first-order valence-electron chi connectivity index (χ1n) is 6.80. The second-order valence-corrected chi connectivity index (χ2v) is 4.62. The van der Waals surface area contributed by atoms with E-state index in [1.54, 1.807) is 25.7 Å². The number of aryl methyl sites for hydroxylation is 1. The van der Waals surface area contributed by atoms with Crippen molar-refractivity contribution in [2.75, 3.05) is 20.7 Å². The SMILES string of the molecule is CCCc1c(C(=O)OCC)nnn1CCC(=O)N(C)C. The molecule has 0 atom stereocenters. The van der Waals surface area contributed by atoms with Crippen LogP contribution in [0.1, 0.15) is 42.9 Å². The maximum absolute atomic E-state index is 11.8. The van der Waals surface area contributed by atoms with Gasteiger partial charge in [0.1, 0.15) is 0 Å². The summed E-state index contributed by atoms with van der Waals surface area (Å²) in [4.78, 5) is 24.9. The van der Waals surface area contributed by atoms with E-state index in [1.165, 1.54) is 4.90 Å². The van der Waals surface area contributed by atoms with Gasteiger partial charge in [0, 0.05) is 20.5 Å². The van der Waals surface area contributed by atoms with Crippen LogP contribution in [0.5, 0.6) is 0 Å². The molecule has 0 aliphatic heterocycles. The maximum Gasteiger partial charge on any atom is 0.360 e. The zero-order valence-corrected chi connectivity index (χ0v) is 12.5. The summed E-state index contributed by atoms with van der Waals surface area (Å²) in [6.45, 7) is 4.48. The van der Waals surface area contributed by atoms with E-state index in [2.05, 4.69) is 10.3 Å². The Bertz CT molecular complexity index is 468. The van der Waals surface area contributed by atoms with E-state index in [0.717, 1.165) is 12.1 Å². The molecule has 1 heterocycles. The number of carbonyl (C=O) groups is 2. The molecule has 0 aromatic carbocycles. The molecule has 0 saturated heterocycles. The third-order valence-corrected chi connectivity index (χ3v) is 2.83. The average Bonchev–Trinajstić information content (AvgIpc) is 2.79. The van der Waals surface area contributed by atoms with E-state index in [1.807, 2.05) is 6.92 Å². The van der Waals surface area contributed by atoms with Crippen molar-refractivity contribution in [3.8, 4) is 0 Å². The molecule has 20 heavy (non-hydrogen) atoms. The summed E-state index contributed by atoms with van der Waals surface area (Å²) in [5, 5.41) is 7.85. The van der Waals surface area contributed by atoms with Gasteiger partial charge in [-0.15, -0.1) is 5.10 Å². The van der Waals surface area contributed by atoms with Crippen molar-refractivity contribution in [2.45, 2.75) is 39.7 Å². The highest BCUT2D eigenvalue weighted by Gasteiger charge is 2.20. The Morgan fingerprint density at radius 2 is 2.00 bits per heavy atom. The second kappa shape index (κ2) is 7.62. The van der Waals surface area contributed by atoms with Gasteiger partial charge < -0.3 is 9.64 Å². The number of amides is 1. The van der Waals surface area contributed by atoms with E-state index in [-0.39, 0.29) is 11.6 Å². The van der Waals surface area contributed by atoms with Crippen molar-refractivity contribution in [3.05, 3.63) is 11.4 Å². The van der Waals surface area contributed by atoms with Crippen LogP contribution < -0.4 is 0 Å². The van der Waals surface area contributed by atoms with E-state index in [4.69, 9.17) is 4.74 Å². The molecule has 0 saturated carbocycles. The van der Waals surface area contributed by atoms with Crippen molar-refractivity contribution in [1.29, 1.82) is 0 Å². The summed E-state index contributed by atoms with van der Waals surface area (Å²) in [6, 6.07) is 0. The van der Waals surface area contributed by atoms with Gasteiger partial charge in [0.2, 0.25) is 5.91 Å². The third-order valence-electron chi connectivity index (χ3n) is 2.83. The molecule has 7 heteroatoms. The van der Waals surface area contributed by atoms with E-state index in [0.29, 0.717) is 26.0 Å². The van der Waals surface area contributed by atoms with Gasteiger partial charge in [0.15, 0.2) is 5.69 Å². The van der Waals surface area contributed by atoms with Crippen molar-refractivity contribution < 1.29 is 14.3 Å². The summed E-state index contributed by atoms with van der Waals surface area (Å²) in [5.74, 6) is -0.443. The summed E-state index contributed by atoms with van der Waals surface area (Å²) < 4.78 is 6.58. The number of ether oxygens (including phenoxy) is 1. The minimum atomic E-state index is -0.457. The first-order valence-corrected chi connectivity index (χ1v) is 6.80. The van der Waals surface area contributed by atoms with Crippen molar-refractivity contribution in [3.63, 3.8) is 0 Å². The smallest absolute Gasteiger partial charge is 0.360 e. The minimum Gasteiger partial charge on any atom is -0.461 e. The van der Waals surface area contributed by atoms with Crippen LogP contribution in [-0.4, -0.2) is 52.5 Å². The summed E-state index contributed by atoms with van der Waals surface area (Å²) >= 11 is 0. The molecule has 0 spiro atoms. The third kappa shape index (κ3) is 4.04. The molecular formula is C13H22N4O3. The Morgan fingerprint density at radius 3 is 2.55 bits per heavy atom. The van der Waals surface area contributed by atoms with Gasteiger partial charge >= 0.3 is 5.97 Å². The number of hydrogen-bond acceptors (Lipinski definition) is 5. The summed E-state index contributed by atoms with van der Waals surface area (Å²) in [5.41, 5.74) is 0.989. The fourth-order valence-electron chi connectivity index (χ4n) is 1.78. The molecule has 7 nitrogen and oxygen atoms in total. The van der Waals surface area contributed by atoms with Crippen LogP contribution in [0.25, 0.3) is 0 Å². The lowest BCUT2D eigenvalue weighted by Crippen LogP contribution is -2.23. The van der Waals surface area contributed by atoms with Crippen molar-refractivity contribution in [2.24, 2.45) is 0 Å². The molecule has 0 radical (unpaired) electrons. The zero-order valence-electron chi connectivity index (χ0n) is 12.5. The Kier molecular flexibility index (Phi) is 6.14. The molecule has 0 aliphatic carbocycles. The first-order chi connectivity index (χ1) is 9.51. The highest BCUT2D eigenvalue weighted by atomic mass is 16.5. The van der Waals surface area contributed by atoms with Crippen LogP contribution >= 0.6 is 0 Å². The van der Waals surface area contributed by atoms with Gasteiger partial charge in [0.05, 0.1) is 18.8 Å². The molecule has 1 aromatic heterocycles. The largest absolute Gasteiger partial charge is 0.461 e. The molecule has 112 valence electrons. The molecule has 1 aromatic rings. The van der Waals surface area contributed by atoms with E-state index < -0.39 is 5.97 Å². The van der Waals surface area contributed by atoms with Crippen molar-refractivity contribution in [1.82, 2.24) is 19.9 Å². The normalized spacial score (nSPS) is 10.4. The summed E-state index contributed by atoms with van der Waals surface area (Å²) in [7, 11) is 3.42. The lowest BCUT2D eigenvalue weighted by molar-refractivity contribution is -0.128. The van der Waals surface area contributed by atoms with Crippen LogP contribution in [0, 0.1) is 0 Å². The van der Waals surface area contributed by atoms with E-state index in [9.17, 15) is 9.59 Å². The van der Waals surface area contributed by atoms with Crippen LogP contribution in [0.4, 0.5) is 0 Å². The molecule has 0 aliphatic rings. The van der Waals surface area contributed by atoms with Crippen LogP contribution in [0.3, 0.4) is 0 Å². The maximum atomic E-state index is 11.8. The molecule has 1 amide bonds. The van der Waals surface area contributed by atoms with Crippen molar-refractivity contribution >= 4 is 11.9 Å². The predicted molar refractivity (Wildman–Crippen MR) is 73.3 cm³/mol. The quantitative estimate of drug-likeness (QED) is 0.694. The Labute approximate surface area is 118 Å². The van der Waals surface area contributed by atoms with Gasteiger partial charge in [-0.25, -0.2) is 9.48 Å². The van der Waals surface area contributed by atoms with Gasteiger partial charge in [0.25, 0.3) is 0 Å². The second-order valence-electron chi connectivity index (χ2n) is 4.62. The lowest BCUT2D eigenvalue weighted by Gasteiger charge is -2.11. The van der Waals surface area contributed by atoms with Gasteiger partial charge in [-0.2, -0.15) is 0 Å². The van der Waals surface area contributed by atoms with Gasteiger partial charge in [-0.1, -0.05) is 18.6 Å². The fraction of sp³-hybridized carbons (Fsp3) is 0.692. The van der Waals surface area contributed by atoms with Crippen LogP contribution in [-0.2, 0) is 22.5 Å². The molecule has 0 fully saturated rings. The fourth-order valence-corrected chi connectivity index (χ4v) is 1.78. The topological polar surface area (TPSA) is 77.3 Å². The number of carbonyl (C=O) groups excluding carboxylic acids is 2. The molecular weight excluding hydrogens is 260 g/mol. The highest BCUT2D eigenvalue weighted by Crippen LogP contribution is 2.11. The monoisotopic (exact) mass is 282 g/mol. The average molecular weight is 282 g/mol. The standard InChI is InChI=1S/C13H22N4O3/c1-5-7-10-12(13(19)20-6-2)14-15-17(10)9-8-11(18)16(3)4/h5-9H2,1-4H3. The highest BCUT2D eigenvalue weighted by molar-refractivity contribution is 5.88. The molecule has 0 N–H and O–H groups in total. The van der Waals surface area contributed by atoms with Crippen LogP contribution in [0.2, 0.25) is 0 Å². The van der Waals surface area contributed by atoms with Gasteiger partial charge in [-0.05, 0) is 13.3 Å².